The van der Waals surface area contributed by atoms with E-state index in [1.165, 1.54) is 21.8 Å². The van der Waals surface area contributed by atoms with E-state index in [0.717, 1.165) is 30.8 Å². The van der Waals surface area contributed by atoms with Crippen LogP contribution in [0, 0.1) is 4.77 Å². The summed E-state index contributed by atoms with van der Waals surface area (Å²) in [4.78, 5) is 12.3. The molecule has 4 aromatic rings. The number of nitrogens with zero attached hydrogens (tertiary/aromatic N) is 3. The minimum Gasteiger partial charge on any atom is -0.345 e. The second-order valence-corrected chi connectivity index (χ2v) is 8.02. The smallest absolute Gasteiger partial charge is 0.244 e. The summed E-state index contributed by atoms with van der Waals surface area (Å²) < 4.78 is 4.95. The first-order valence-corrected chi connectivity index (χ1v) is 10.7. The molecule has 1 amide bonds. The fourth-order valence-electron chi connectivity index (χ4n) is 4.08. The number of para-hydroxylation sites is 1. The van der Waals surface area contributed by atoms with Crippen LogP contribution in [0.15, 0.2) is 48.5 Å². The van der Waals surface area contributed by atoms with Gasteiger partial charge in [0, 0.05) is 40.5 Å². The maximum Gasteiger partial charge on any atom is 0.244 e. The average molecular weight is 418 g/mol. The summed E-state index contributed by atoms with van der Waals surface area (Å²) in [5, 5.41) is 12.4. The number of hydrogen-bond donors (Lipinski definition) is 2. The van der Waals surface area contributed by atoms with E-state index in [9.17, 15) is 4.79 Å². The summed E-state index contributed by atoms with van der Waals surface area (Å²) in [7, 11) is 0. The second kappa shape index (κ2) is 7.57. The van der Waals surface area contributed by atoms with Crippen molar-refractivity contribution >= 4 is 46.0 Å². The summed E-state index contributed by atoms with van der Waals surface area (Å²) in [6.45, 7) is 3.43. The molecule has 1 aliphatic carbocycles. The van der Waals surface area contributed by atoms with Crippen molar-refractivity contribution in [3.63, 3.8) is 0 Å². The molecule has 1 aliphatic rings. The van der Waals surface area contributed by atoms with Gasteiger partial charge >= 0.3 is 0 Å². The Morgan fingerprint density at radius 1 is 1.23 bits per heavy atom. The molecule has 0 spiro atoms. The summed E-state index contributed by atoms with van der Waals surface area (Å²) in [6, 6.07) is 15.2. The second-order valence-electron chi connectivity index (χ2n) is 7.64. The first-order chi connectivity index (χ1) is 14.7. The van der Waals surface area contributed by atoms with Gasteiger partial charge in [-0.15, -0.1) is 0 Å². The Bertz CT molecular complexity index is 1340. The number of hydrogen-bond acceptors (Lipinski definition) is 3. The third-order valence-corrected chi connectivity index (χ3v) is 5.94. The van der Waals surface area contributed by atoms with Gasteiger partial charge in [-0.2, -0.15) is 5.10 Å². The summed E-state index contributed by atoms with van der Waals surface area (Å²) in [5.41, 5.74) is 3.44. The lowest BCUT2D eigenvalue weighted by atomic mass is 10.1. The Kier molecular flexibility index (Phi) is 4.75. The Morgan fingerprint density at radius 2 is 2.03 bits per heavy atom. The van der Waals surface area contributed by atoms with Gasteiger partial charge in [-0.25, -0.2) is 0 Å². The minimum atomic E-state index is -0.151. The Morgan fingerprint density at radius 3 is 2.83 bits per heavy atom. The summed E-state index contributed by atoms with van der Waals surface area (Å²) >= 11 is 5.28. The normalized spacial score (nSPS) is 14.2. The number of carbonyl (C=O) groups excluding carboxylic acids is 1. The van der Waals surface area contributed by atoms with Crippen LogP contribution in [-0.4, -0.2) is 25.2 Å². The summed E-state index contributed by atoms with van der Waals surface area (Å²) in [5.74, 6) is 0.625. The molecule has 0 aliphatic heterocycles. The third-order valence-electron chi connectivity index (χ3n) is 5.65. The van der Waals surface area contributed by atoms with Gasteiger partial charge in [0.25, 0.3) is 0 Å². The van der Waals surface area contributed by atoms with Gasteiger partial charge in [0.15, 0.2) is 10.6 Å². The molecule has 30 heavy (non-hydrogen) atoms. The van der Waals surface area contributed by atoms with Crippen molar-refractivity contribution in [1.29, 1.82) is 0 Å². The van der Waals surface area contributed by atoms with Crippen LogP contribution in [0.2, 0.25) is 0 Å². The molecule has 2 aromatic carbocycles. The highest BCUT2D eigenvalue weighted by Gasteiger charge is 2.27. The molecular weight excluding hydrogens is 394 g/mol. The first kappa shape index (κ1) is 18.8. The fourth-order valence-corrected chi connectivity index (χ4v) is 4.38. The maximum atomic E-state index is 12.3. The van der Waals surface area contributed by atoms with Crippen LogP contribution >= 0.6 is 12.2 Å². The van der Waals surface area contributed by atoms with Crippen molar-refractivity contribution in [1.82, 2.24) is 24.6 Å². The molecule has 1 fully saturated rings. The van der Waals surface area contributed by atoms with Crippen molar-refractivity contribution in [2.45, 2.75) is 38.9 Å². The molecule has 0 atom stereocenters. The standard InChI is InChI=1S/C23H23N5OS/c1-2-27-19-6-4-3-5-17(19)18-13-15(7-11-20(18)27)8-12-22(29)24-14-21-25-26-23(30)28(21)16-9-10-16/h3-8,11-13,16H,2,9-10,14H2,1H3,(H,24,29)(H,26,30)/b12-8+. The molecule has 0 saturated heterocycles. The Balaban J connectivity index is 1.34. The molecule has 152 valence electrons. The molecule has 0 bridgehead atoms. The van der Waals surface area contributed by atoms with Crippen LogP contribution < -0.4 is 5.32 Å². The monoisotopic (exact) mass is 417 g/mol. The number of benzene rings is 2. The number of carbonyl (C=O) groups is 1. The molecule has 5 rings (SSSR count). The van der Waals surface area contributed by atoms with E-state index in [4.69, 9.17) is 12.2 Å². The Hall–Kier alpha value is -3.19. The topological polar surface area (TPSA) is 67.6 Å². The van der Waals surface area contributed by atoms with E-state index >= 15 is 0 Å². The quantitative estimate of drug-likeness (QED) is 0.352. The fraction of sp³-hybridized carbons (Fsp3) is 0.261. The zero-order valence-electron chi connectivity index (χ0n) is 16.8. The molecule has 6 nitrogen and oxygen atoms in total. The number of H-pyrrole nitrogens is 1. The van der Waals surface area contributed by atoms with Crippen LogP contribution in [0.5, 0.6) is 0 Å². The SMILES string of the molecule is CCn1c2ccccc2c2cc(/C=C/C(=O)NCc3n[nH]c(=S)n3C3CC3)ccc21. The number of rotatable bonds is 6. The zero-order chi connectivity index (χ0) is 20.7. The van der Waals surface area contributed by atoms with E-state index in [2.05, 4.69) is 69.5 Å². The van der Waals surface area contributed by atoms with Crippen molar-refractivity contribution in [2.75, 3.05) is 0 Å². The zero-order valence-corrected chi connectivity index (χ0v) is 17.6. The molecule has 2 aromatic heterocycles. The molecular formula is C23H23N5OS. The highest BCUT2D eigenvalue weighted by atomic mass is 32.1. The number of nitrogens with one attached hydrogen (secondary N) is 2. The van der Waals surface area contributed by atoms with E-state index in [1.54, 1.807) is 6.08 Å². The Labute approximate surface area is 179 Å². The van der Waals surface area contributed by atoms with E-state index in [1.807, 2.05) is 10.6 Å². The number of aromatic amines is 1. The van der Waals surface area contributed by atoms with Gasteiger partial charge in [0.1, 0.15) is 0 Å². The van der Waals surface area contributed by atoms with Crippen molar-refractivity contribution in [2.24, 2.45) is 0 Å². The predicted molar refractivity (Wildman–Crippen MR) is 122 cm³/mol. The molecule has 0 radical (unpaired) electrons. The largest absolute Gasteiger partial charge is 0.345 e. The first-order valence-electron chi connectivity index (χ1n) is 10.3. The van der Waals surface area contributed by atoms with Crippen LogP contribution in [0.1, 0.15) is 37.2 Å². The maximum absolute atomic E-state index is 12.3. The lowest BCUT2D eigenvalue weighted by molar-refractivity contribution is -0.116. The number of aryl methyl sites for hydroxylation is 1. The van der Waals surface area contributed by atoms with Crippen LogP contribution in [0.3, 0.4) is 0 Å². The average Bonchev–Trinajstić information content (AvgIpc) is 3.46. The van der Waals surface area contributed by atoms with Crippen LogP contribution in [0.4, 0.5) is 0 Å². The van der Waals surface area contributed by atoms with Gasteiger partial charge in [0.05, 0.1) is 6.54 Å². The van der Waals surface area contributed by atoms with Crippen molar-refractivity contribution < 1.29 is 4.79 Å². The number of aromatic nitrogens is 4. The van der Waals surface area contributed by atoms with Gasteiger partial charge in [-0.05, 0) is 61.8 Å². The number of fused-ring (bicyclic) bond motifs is 3. The van der Waals surface area contributed by atoms with Gasteiger partial charge in [-0.3, -0.25) is 14.5 Å². The third kappa shape index (κ3) is 3.35. The predicted octanol–water partition coefficient (Wildman–Crippen LogP) is 4.73. The van der Waals surface area contributed by atoms with Crippen LogP contribution in [-0.2, 0) is 17.9 Å². The lowest BCUT2D eigenvalue weighted by Crippen LogP contribution is -2.22. The van der Waals surface area contributed by atoms with E-state index in [0.29, 0.717) is 17.4 Å². The minimum absolute atomic E-state index is 0.151. The van der Waals surface area contributed by atoms with Gasteiger partial charge < -0.3 is 9.88 Å². The van der Waals surface area contributed by atoms with Crippen molar-refractivity contribution in [3.05, 3.63) is 64.7 Å². The number of amides is 1. The highest BCUT2D eigenvalue weighted by molar-refractivity contribution is 7.71. The summed E-state index contributed by atoms with van der Waals surface area (Å²) in [6.07, 6.45) is 5.66. The molecule has 2 heterocycles. The molecule has 0 unspecified atom stereocenters. The van der Waals surface area contributed by atoms with Crippen molar-refractivity contribution in [3.8, 4) is 0 Å². The van der Waals surface area contributed by atoms with E-state index < -0.39 is 0 Å². The van der Waals surface area contributed by atoms with Gasteiger partial charge in [0.2, 0.25) is 5.91 Å². The van der Waals surface area contributed by atoms with Gasteiger partial charge in [-0.1, -0.05) is 24.3 Å². The molecule has 2 N–H and O–H groups in total. The molecule has 1 saturated carbocycles. The lowest BCUT2D eigenvalue weighted by Gasteiger charge is -2.05. The van der Waals surface area contributed by atoms with Crippen LogP contribution in [0.25, 0.3) is 27.9 Å². The highest BCUT2D eigenvalue weighted by Crippen LogP contribution is 2.35. The molecule has 7 heteroatoms. The van der Waals surface area contributed by atoms with E-state index in [-0.39, 0.29) is 5.91 Å².